The molecule has 0 N–H and O–H groups in total. The van der Waals surface area contributed by atoms with Gasteiger partial charge in [0, 0.05) is 24.3 Å². The van der Waals surface area contributed by atoms with Crippen LogP contribution in [0.1, 0.15) is 48.5 Å². The Bertz CT molecular complexity index is 3110. The molecule has 0 radical (unpaired) electrons. The monoisotopic (exact) mass is 1090 g/mol. The molecule has 19 heteroatoms. The van der Waals surface area contributed by atoms with Gasteiger partial charge in [-0.2, -0.15) is 0 Å². The number of rotatable bonds is 26. The molecule has 412 valence electrons. The van der Waals surface area contributed by atoms with Gasteiger partial charge >= 0.3 is 11.9 Å². The van der Waals surface area contributed by atoms with E-state index < -0.39 is 89.8 Å². The maximum absolute atomic E-state index is 14.3. The van der Waals surface area contributed by atoms with E-state index in [1.165, 1.54) is 48.5 Å². The fourth-order valence-electron chi connectivity index (χ4n) is 9.15. The molecule has 0 spiro atoms. The number of ether oxygens (including phenoxy) is 10. The molecule has 2 heterocycles. The van der Waals surface area contributed by atoms with Crippen LogP contribution < -0.4 is 0 Å². The van der Waals surface area contributed by atoms with Gasteiger partial charge in [0.15, 0.2) is 12.6 Å². The van der Waals surface area contributed by atoms with Gasteiger partial charge in [0.05, 0.1) is 54.0 Å². The average Bonchev–Trinajstić information content (AvgIpc) is 3.86. The summed E-state index contributed by atoms with van der Waals surface area (Å²) < 4.78 is 66.2. The Kier molecular flexibility index (Phi) is 19.4. The highest BCUT2D eigenvalue weighted by molar-refractivity contribution is 5.90. The fourth-order valence-corrected chi connectivity index (χ4v) is 9.15. The van der Waals surface area contributed by atoms with Crippen molar-refractivity contribution in [2.75, 3.05) is 13.2 Å². The molecule has 9 atom stereocenters. The summed E-state index contributed by atoms with van der Waals surface area (Å²) in [4.78, 5) is 63.5. The van der Waals surface area contributed by atoms with Crippen LogP contribution in [-0.4, -0.2) is 96.1 Å². The number of carbonyl (C=O) groups excluding carboxylic acids is 3. The molecule has 2 fully saturated rings. The first-order chi connectivity index (χ1) is 39.1. The van der Waals surface area contributed by atoms with Crippen LogP contribution >= 0.6 is 0 Å². The van der Waals surface area contributed by atoms with Crippen molar-refractivity contribution < 1.29 is 71.6 Å². The molecule has 0 aliphatic carbocycles. The number of nitrogens with zero attached hydrogens (tertiary/aromatic N) is 2. The van der Waals surface area contributed by atoms with Crippen molar-refractivity contribution in [2.45, 2.75) is 87.8 Å². The Balaban J connectivity index is 1.12. The quantitative estimate of drug-likeness (QED) is 0.0213. The maximum atomic E-state index is 14.3. The number of nitro groups is 2. The predicted octanol–water partition coefficient (Wildman–Crippen LogP) is 9.48. The van der Waals surface area contributed by atoms with E-state index in [1.54, 1.807) is 0 Å². The highest BCUT2D eigenvalue weighted by atomic mass is 16.8. The van der Waals surface area contributed by atoms with Crippen LogP contribution in [-0.2, 0) is 85.2 Å². The zero-order valence-electron chi connectivity index (χ0n) is 43.0. The molecule has 9 rings (SSSR count). The summed E-state index contributed by atoms with van der Waals surface area (Å²) in [6.07, 6.45) is -9.95. The Labute approximate surface area is 460 Å². The van der Waals surface area contributed by atoms with E-state index in [4.69, 9.17) is 47.4 Å². The first-order valence-corrected chi connectivity index (χ1v) is 25.6. The van der Waals surface area contributed by atoms with Gasteiger partial charge in [-0.25, -0.2) is 9.59 Å². The molecule has 0 amide bonds. The van der Waals surface area contributed by atoms with Gasteiger partial charge in [0.25, 0.3) is 17.2 Å². The number of hydrogen-bond acceptors (Lipinski definition) is 17. The maximum Gasteiger partial charge on any atom is 0.338 e. The fraction of sp³-hybridized carbons (Fsp3) is 0.262. The van der Waals surface area contributed by atoms with Gasteiger partial charge in [-0.1, -0.05) is 152 Å². The van der Waals surface area contributed by atoms with Crippen LogP contribution in [0.5, 0.6) is 0 Å². The molecule has 7 aromatic carbocycles. The van der Waals surface area contributed by atoms with Gasteiger partial charge in [0.2, 0.25) is 0 Å². The second-order valence-corrected chi connectivity index (χ2v) is 18.7. The topological polar surface area (TPSA) is 230 Å². The number of aldehydes is 1. The molecular formula is C61H56N2O17. The number of non-ortho nitro benzene ring substituents is 2. The average molecular weight is 1090 g/mol. The van der Waals surface area contributed by atoms with E-state index in [9.17, 15) is 34.6 Å². The van der Waals surface area contributed by atoms with Crippen molar-refractivity contribution >= 4 is 29.6 Å². The SMILES string of the molecule is O=C[C@@]1(O[C@H]2O[C@H](COC(=O)c3ccc([N+](=O)[O-])cc3)[C@@H](OCc3ccccc3)[C@H](OCc3ccccc3)[C@H]2OCc2ccccc2)O[C@H](COC(=O)c2ccc([N+](=O)[O-])cc2)[C@@H](OCc2ccccc2)[C@@H]1OCc1ccccc1. The van der Waals surface area contributed by atoms with Crippen molar-refractivity contribution in [3.8, 4) is 0 Å². The predicted molar refractivity (Wildman–Crippen MR) is 285 cm³/mol. The first kappa shape index (κ1) is 56.4. The molecule has 0 aromatic heterocycles. The smallest absolute Gasteiger partial charge is 0.338 e. The summed E-state index contributed by atoms with van der Waals surface area (Å²) in [6.45, 7) is -1.13. The van der Waals surface area contributed by atoms with Crippen LogP contribution in [0.3, 0.4) is 0 Å². The van der Waals surface area contributed by atoms with Crippen LogP contribution in [0.2, 0.25) is 0 Å². The first-order valence-electron chi connectivity index (χ1n) is 25.6. The van der Waals surface area contributed by atoms with Crippen LogP contribution in [0.4, 0.5) is 11.4 Å². The van der Waals surface area contributed by atoms with E-state index in [-0.39, 0.29) is 55.5 Å². The zero-order chi connectivity index (χ0) is 55.7. The zero-order valence-corrected chi connectivity index (χ0v) is 43.0. The highest BCUT2D eigenvalue weighted by Crippen LogP contribution is 2.41. The lowest BCUT2D eigenvalue weighted by atomic mass is 9.97. The summed E-state index contributed by atoms with van der Waals surface area (Å²) in [6, 6.07) is 56.0. The van der Waals surface area contributed by atoms with Gasteiger partial charge in [0.1, 0.15) is 55.9 Å². The number of carbonyl (C=O) groups is 3. The Morgan fingerprint density at radius 2 is 0.800 bits per heavy atom. The third kappa shape index (κ3) is 14.6. The third-order valence-corrected chi connectivity index (χ3v) is 13.3. The molecule has 19 nitrogen and oxygen atoms in total. The largest absolute Gasteiger partial charge is 0.459 e. The van der Waals surface area contributed by atoms with Gasteiger partial charge < -0.3 is 47.4 Å². The summed E-state index contributed by atoms with van der Waals surface area (Å²) >= 11 is 0. The second kappa shape index (κ2) is 27.5. The number of nitro benzene ring substituents is 2. The number of hydrogen-bond donors (Lipinski definition) is 0. The number of esters is 2. The van der Waals surface area contributed by atoms with E-state index >= 15 is 0 Å². The van der Waals surface area contributed by atoms with Gasteiger partial charge in [-0.3, -0.25) is 25.0 Å². The van der Waals surface area contributed by atoms with Gasteiger partial charge in [-0.05, 0) is 52.1 Å². The molecule has 2 saturated heterocycles. The lowest BCUT2D eigenvalue weighted by Gasteiger charge is -2.47. The normalized spacial score (nSPS) is 22.4. The van der Waals surface area contributed by atoms with Crippen molar-refractivity contribution in [1.82, 2.24) is 0 Å². The molecule has 2 aliphatic rings. The Hall–Kier alpha value is -8.37. The van der Waals surface area contributed by atoms with Crippen molar-refractivity contribution in [3.63, 3.8) is 0 Å². The third-order valence-electron chi connectivity index (χ3n) is 13.3. The van der Waals surface area contributed by atoms with Gasteiger partial charge in [-0.15, -0.1) is 0 Å². The lowest BCUT2D eigenvalue weighted by Crippen LogP contribution is -2.64. The minimum Gasteiger partial charge on any atom is -0.459 e. The minimum absolute atomic E-state index is 0.00467. The Morgan fingerprint density at radius 3 is 1.19 bits per heavy atom. The molecular weight excluding hydrogens is 1030 g/mol. The Morgan fingerprint density at radius 1 is 0.450 bits per heavy atom. The summed E-state index contributed by atoms with van der Waals surface area (Å²) in [7, 11) is 0. The van der Waals surface area contributed by atoms with Crippen LogP contribution in [0.15, 0.2) is 200 Å². The van der Waals surface area contributed by atoms with Crippen molar-refractivity contribution in [2.24, 2.45) is 0 Å². The summed E-state index contributed by atoms with van der Waals surface area (Å²) in [5.74, 6) is -4.15. The molecule has 0 unspecified atom stereocenters. The summed E-state index contributed by atoms with van der Waals surface area (Å²) in [5.41, 5.74) is 3.34. The lowest BCUT2D eigenvalue weighted by molar-refractivity contribution is -0.385. The second-order valence-electron chi connectivity index (χ2n) is 18.7. The summed E-state index contributed by atoms with van der Waals surface area (Å²) in [5, 5.41) is 22.9. The molecule has 7 aromatic rings. The highest BCUT2D eigenvalue weighted by Gasteiger charge is 2.62. The molecule has 80 heavy (non-hydrogen) atoms. The van der Waals surface area contributed by atoms with Crippen LogP contribution in [0.25, 0.3) is 0 Å². The molecule has 0 bridgehead atoms. The van der Waals surface area contributed by atoms with E-state index in [0.29, 0.717) is 11.8 Å². The van der Waals surface area contributed by atoms with E-state index in [1.807, 2.05) is 152 Å². The number of benzene rings is 7. The van der Waals surface area contributed by atoms with E-state index in [2.05, 4.69) is 0 Å². The van der Waals surface area contributed by atoms with Crippen molar-refractivity contribution in [3.05, 3.63) is 259 Å². The molecule has 2 aliphatic heterocycles. The minimum atomic E-state index is -2.46. The molecule has 0 saturated carbocycles. The standard InChI is InChI=1S/C61H56N2O17/c64-41-61(57(75-38-46-24-14-5-15-25-46)54(72-35-43-18-8-2-9-19-43)52(79-61)40-77-59(66)48-28-32-50(33-29-48)63(69)70)80-60-56(74-37-45-22-12-4-13-23-45)55(73-36-44-20-10-3-11-21-44)53(71-34-42-16-6-1-7-17-42)51(78-60)39-76-58(65)47-26-30-49(31-27-47)62(67)68/h1-33,41,51-57,60H,34-40H2/t51-,52-,53-,54-,55+,56-,57+,60-,61+/m1/s1. The van der Waals surface area contributed by atoms with Crippen molar-refractivity contribution in [1.29, 1.82) is 0 Å². The van der Waals surface area contributed by atoms with Crippen LogP contribution in [0, 0.1) is 20.2 Å². The van der Waals surface area contributed by atoms with E-state index in [0.717, 1.165) is 22.3 Å².